The van der Waals surface area contributed by atoms with E-state index in [2.05, 4.69) is 42.2 Å². The highest BCUT2D eigenvalue weighted by molar-refractivity contribution is 5.93. The van der Waals surface area contributed by atoms with Gasteiger partial charge in [0.15, 0.2) is 5.60 Å². The molecule has 1 aliphatic rings. The van der Waals surface area contributed by atoms with Crippen LogP contribution in [0.4, 0.5) is 0 Å². The molecule has 0 saturated carbocycles. The molecular formula is C20H14O. The summed E-state index contributed by atoms with van der Waals surface area (Å²) >= 11 is 0. The maximum atomic E-state index is 11.2. The van der Waals surface area contributed by atoms with Crippen LogP contribution in [0, 0.1) is 11.8 Å². The van der Waals surface area contributed by atoms with E-state index in [1.165, 1.54) is 5.39 Å². The monoisotopic (exact) mass is 270 g/mol. The standard InChI is InChI=1S/C20H14O/c1-2-11-20(21)18-10-6-5-9-16(18)17-12-14-7-3-4-8-15(14)13-19(17)20/h3-10,12-13,21H,1H3. The molecule has 0 spiro atoms. The Morgan fingerprint density at radius 3 is 2.24 bits per heavy atom. The highest BCUT2D eigenvalue weighted by Gasteiger charge is 2.40. The van der Waals surface area contributed by atoms with E-state index < -0.39 is 5.60 Å². The molecule has 1 nitrogen and oxygen atoms in total. The Balaban J connectivity index is 2.15. The van der Waals surface area contributed by atoms with Crippen molar-refractivity contribution in [2.75, 3.05) is 0 Å². The number of rotatable bonds is 0. The number of benzene rings is 3. The number of hydrogen-bond acceptors (Lipinski definition) is 1. The second kappa shape index (κ2) is 4.22. The lowest BCUT2D eigenvalue weighted by Crippen LogP contribution is -2.22. The molecule has 1 aliphatic carbocycles. The second-order valence-corrected chi connectivity index (χ2v) is 5.38. The minimum absolute atomic E-state index is 0.879. The summed E-state index contributed by atoms with van der Waals surface area (Å²) in [5.74, 6) is 5.88. The minimum Gasteiger partial charge on any atom is -0.369 e. The summed E-state index contributed by atoms with van der Waals surface area (Å²) in [6.45, 7) is 1.76. The Hall–Kier alpha value is -2.56. The molecule has 0 amide bonds. The molecule has 1 N–H and O–H groups in total. The molecule has 0 fully saturated rings. The molecule has 0 saturated heterocycles. The summed E-state index contributed by atoms with van der Waals surface area (Å²) in [6.07, 6.45) is 0. The van der Waals surface area contributed by atoms with E-state index in [9.17, 15) is 5.11 Å². The van der Waals surface area contributed by atoms with Crippen molar-refractivity contribution in [3.05, 3.63) is 71.8 Å². The predicted octanol–water partition coefficient (Wildman–Crippen LogP) is 4.08. The Morgan fingerprint density at radius 1 is 0.810 bits per heavy atom. The molecule has 3 aromatic rings. The summed E-state index contributed by atoms with van der Waals surface area (Å²) in [5, 5.41) is 13.5. The molecule has 100 valence electrons. The zero-order valence-electron chi connectivity index (χ0n) is 11.7. The van der Waals surface area contributed by atoms with Crippen LogP contribution in [0.25, 0.3) is 21.9 Å². The fraction of sp³-hybridized carbons (Fsp3) is 0.100. The van der Waals surface area contributed by atoms with Crippen molar-refractivity contribution in [3.63, 3.8) is 0 Å². The van der Waals surface area contributed by atoms with Gasteiger partial charge in [-0.1, -0.05) is 54.5 Å². The predicted molar refractivity (Wildman–Crippen MR) is 85.8 cm³/mol. The van der Waals surface area contributed by atoms with Gasteiger partial charge in [0.05, 0.1) is 0 Å². The molecule has 0 aromatic heterocycles. The molecule has 0 heterocycles. The van der Waals surface area contributed by atoms with Crippen LogP contribution in [0.2, 0.25) is 0 Å². The van der Waals surface area contributed by atoms with E-state index >= 15 is 0 Å². The SMILES string of the molecule is CC#CC1(O)c2ccccc2-c2cc3ccccc3cc21. The molecule has 1 unspecified atom stereocenters. The summed E-state index contributed by atoms with van der Waals surface area (Å²) in [5.41, 5.74) is 2.71. The van der Waals surface area contributed by atoms with E-state index in [1.54, 1.807) is 6.92 Å². The Morgan fingerprint density at radius 2 is 1.48 bits per heavy atom. The number of hydrogen-bond donors (Lipinski definition) is 1. The second-order valence-electron chi connectivity index (χ2n) is 5.38. The van der Waals surface area contributed by atoms with Crippen LogP contribution in [-0.4, -0.2) is 5.11 Å². The maximum Gasteiger partial charge on any atom is 0.178 e. The molecule has 3 aromatic carbocycles. The Bertz CT molecular complexity index is 927. The lowest BCUT2D eigenvalue weighted by Gasteiger charge is -2.19. The van der Waals surface area contributed by atoms with E-state index in [4.69, 9.17) is 0 Å². The van der Waals surface area contributed by atoms with Crippen LogP contribution < -0.4 is 0 Å². The average molecular weight is 270 g/mol. The van der Waals surface area contributed by atoms with Crippen LogP contribution in [0.5, 0.6) is 0 Å². The van der Waals surface area contributed by atoms with Crippen molar-refractivity contribution in [1.82, 2.24) is 0 Å². The molecule has 21 heavy (non-hydrogen) atoms. The van der Waals surface area contributed by atoms with Gasteiger partial charge >= 0.3 is 0 Å². The fourth-order valence-electron chi connectivity index (χ4n) is 3.26. The van der Waals surface area contributed by atoms with Gasteiger partial charge in [-0.05, 0) is 41.0 Å². The minimum atomic E-state index is -1.20. The van der Waals surface area contributed by atoms with E-state index in [0.717, 1.165) is 27.6 Å². The first kappa shape index (κ1) is 12.2. The smallest absolute Gasteiger partial charge is 0.178 e. The van der Waals surface area contributed by atoms with Crippen LogP contribution >= 0.6 is 0 Å². The van der Waals surface area contributed by atoms with Gasteiger partial charge in [-0.15, -0.1) is 5.92 Å². The van der Waals surface area contributed by atoms with Crippen LogP contribution in [0.1, 0.15) is 18.1 Å². The van der Waals surface area contributed by atoms with E-state index in [-0.39, 0.29) is 0 Å². The normalized spacial score (nSPS) is 18.8. The third-order valence-corrected chi connectivity index (χ3v) is 4.19. The van der Waals surface area contributed by atoms with Crippen molar-refractivity contribution >= 4 is 10.8 Å². The largest absolute Gasteiger partial charge is 0.369 e. The first-order chi connectivity index (χ1) is 10.2. The van der Waals surface area contributed by atoms with Gasteiger partial charge in [0.25, 0.3) is 0 Å². The van der Waals surface area contributed by atoms with Gasteiger partial charge in [-0.25, -0.2) is 0 Å². The van der Waals surface area contributed by atoms with Crippen molar-refractivity contribution in [3.8, 4) is 23.0 Å². The lowest BCUT2D eigenvalue weighted by molar-refractivity contribution is 0.150. The Labute approximate surface area is 123 Å². The van der Waals surface area contributed by atoms with Gasteiger partial charge in [0.1, 0.15) is 0 Å². The number of fused-ring (bicyclic) bond motifs is 4. The molecule has 1 atom stereocenters. The topological polar surface area (TPSA) is 20.2 Å². The van der Waals surface area contributed by atoms with Crippen molar-refractivity contribution in [2.45, 2.75) is 12.5 Å². The zero-order valence-corrected chi connectivity index (χ0v) is 11.7. The maximum absolute atomic E-state index is 11.2. The van der Waals surface area contributed by atoms with Gasteiger partial charge in [-0.2, -0.15) is 0 Å². The summed E-state index contributed by atoms with van der Waals surface area (Å²) in [6, 6.07) is 20.4. The van der Waals surface area contributed by atoms with Gasteiger partial charge in [0, 0.05) is 11.1 Å². The average Bonchev–Trinajstić information content (AvgIpc) is 2.76. The van der Waals surface area contributed by atoms with Crippen LogP contribution in [0.3, 0.4) is 0 Å². The molecule has 0 radical (unpaired) electrons. The molecule has 0 bridgehead atoms. The summed E-state index contributed by atoms with van der Waals surface area (Å²) < 4.78 is 0. The zero-order chi connectivity index (χ0) is 14.4. The van der Waals surface area contributed by atoms with Crippen molar-refractivity contribution in [2.24, 2.45) is 0 Å². The highest BCUT2D eigenvalue weighted by Crippen LogP contribution is 2.48. The van der Waals surface area contributed by atoms with Crippen molar-refractivity contribution < 1.29 is 5.11 Å². The van der Waals surface area contributed by atoms with E-state index in [1.807, 2.05) is 30.3 Å². The lowest BCUT2D eigenvalue weighted by atomic mass is 9.91. The number of aliphatic hydroxyl groups is 1. The molecular weight excluding hydrogens is 256 g/mol. The van der Waals surface area contributed by atoms with Crippen LogP contribution in [0.15, 0.2) is 60.7 Å². The first-order valence-electron chi connectivity index (χ1n) is 7.03. The Kier molecular flexibility index (Phi) is 2.45. The fourth-order valence-corrected chi connectivity index (χ4v) is 3.26. The molecule has 0 aliphatic heterocycles. The van der Waals surface area contributed by atoms with Gasteiger partial charge in [-0.3, -0.25) is 0 Å². The molecule has 4 rings (SSSR count). The van der Waals surface area contributed by atoms with Crippen LogP contribution in [-0.2, 0) is 5.60 Å². The van der Waals surface area contributed by atoms with E-state index in [0.29, 0.717) is 0 Å². The third-order valence-electron chi connectivity index (χ3n) is 4.19. The van der Waals surface area contributed by atoms with Crippen molar-refractivity contribution in [1.29, 1.82) is 0 Å². The third kappa shape index (κ3) is 1.57. The summed E-state index contributed by atoms with van der Waals surface area (Å²) in [7, 11) is 0. The quantitative estimate of drug-likeness (QED) is 0.610. The first-order valence-corrected chi connectivity index (χ1v) is 7.03. The molecule has 1 heteroatoms. The van der Waals surface area contributed by atoms with Gasteiger partial charge in [0.2, 0.25) is 0 Å². The highest BCUT2D eigenvalue weighted by atomic mass is 16.3. The van der Waals surface area contributed by atoms with Gasteiger partial charge < -0.3 is 5.11 Å². The summed E-state index contributed by atoms with van der Waals surface area (Å²) in [4.78, 5) is 0.